The number of hydrogen-bond acceptors (Lipinski definition) is 4. The molecule has 0 radical (unpaired) electrons. The van der Waals surface area contributed by atoms with Crippen molar-refractivity contribution in [3.63, 3.8) is 0 Å². The SMILES string of the molecule is Cc1ccc(Cn2nc(C)c(C(=O)NCCCn3nc4ccccn4c3=O)c2Cl)cc1. The molecule has 0 unspecified atom stereocenters. The first kappa shape index (κ1) is 20.9. The number of aromatic nitrogens is 5. The second-order valence-corrected chi connectivity index (χ2v) is 7.80. The van der Waals surface area contributed by atoms with Crippen LogP contribution >= 0.6 is 11.6 Å². The number of halogens is 1. The van der Waals surface area contributed by atoms with E-state index in [-0.39, 0.29) is 11.6 Å². The molecule has 3 aromatic heterocycles. The van der Waals surface area contributed by atoms with Gasteiger partial charge in [-0.15, -0.1) is 5.10 Å². The van der Waals surface area contributed by atoms with Gasteiger partial charge in [-0.05, 0) is 38.0 Å². The number of nitrogens with one attached hydrogen (secondary N) is 1. The molecule has 1 N–H and O–H groups in total. The first-order valence-electron chi connectivity index (χ1n) is 10.0. The summed E-state index contributed by atoms with van der Waals surface area (Å²) in [6.45, 7) is 5.08. The molecule has 4 aromatic rings. The molecular formula is C22H23ClN6O2. The monoisotopic (exact) mass is 438 g/mol. The highest BCUT2D eigenvalue weighted by Gasteiger charge is 2.20. The Kier molecular flexibility index (Phi) is 5.90. The van der Waals surface area contributed by atoms with E-state index in [2.05, 4.69) is 15.5 Å². The lowest BCUT2D eigenvalue weighted by Gasteiger charge is -2.06. The molecule has 0 spiro atoms. The lowest BCUT2D eigenvalue weighted by Crippen LogP contribution is -2.28. The normalized spacial score (nSPS) is 11.2. The zero-order valence-electron chi connectivity index (χ0n) is 17.4. The molecule has 0 saturated heterocycles. The molecule has 0 aliphatic rings. The first-order valence-corrected chi connectivity index (χ1v) is 10.4. The van der Waals surface area contributed by atoms with Crippen molar-refractivity contribution in [3.05, 3.63) is 86.7 Å². The molecule has 31 heavy (non-hydrogen) atoms. The predicted octanol–water partition coefficient (Wildman–Crippen LogP) is 2.83. The molecule has 160 valence electrons. The van der Waals surface area contributed by atoms with Crippen LogP contribution in [0.4, 0.5) is 0 Å². The number of aryl methyl sites for hydroxylation is 3. The fourth-order valence-electron chi connectivity index (χ4n) is 3.42. The van der Waals surface area contributed by atoms with Gasteiger partial charge in [0, 0.05) is 19.3 Å². The summed E-state index contributed by atoms with van der Waals surface area (Å²) in [5.74, 6) is -0.278. The van der Waals surface area contributed by atoms with Crippen LogP contribution in [0.25, 0.3) is 5.65 Å². The van der Waals surface area contributed by atoms with E-state index in [0.717, 1.165) is 5.56 Å². The molecule has 8 nitrogen and oxygen atoms in total. The highest BCUT2D eigenvalue weighted by atomic mass is 35.5. The zero-order chi connectivity index (χ0) is 22.0. The van der Waals surface area contributed by atoms with Gasteiger partial charge in [0.05, 0.1) is 17.8 Å². The van der Waals surface area contributed by atoms with Gasteiger partial charge in [-0.3, -0.25) is 9.20 Å². The topological polar surface area (TPSA) is 86.2 Å². The molecule has 0 saturated carbocycles. The summed E-state index contributed by atoms with van der Waals surface area (Å²) in [5, 5.41) is 11.9. The molecule has 0 aliphatic carbocycles. The third-order valence-corrected chi connectivity index (χ3v) is 5.45. The molecule has 0 atom stereocenters. The third-order valence-electron chi connectivity index (χ3n) is 5.07. The minimum atomic E-state index is -0.278. The van der Waals surface area contributed by atoms with E-state index in [1.165, 1.54) is 14.6 Å². The van der Waals surface area contributed by atoms with Crippen LogP contribution < -0.4 is 11.0 Å². The Bertz CT molecular complexity index is 1290. The van der Waals surface area contributed by atoms with Crippen LogP contribution in [-0.4, -0.2) is 36.4 Å². The number of pyridine rings is 1. The van der Waals surface area contributed by atoms with E-state index in [9.17, 15) is 9.59 Å². The Morgan fingerprint density at radius 3 is 2.58 bits per heavy atom. The number of benzene rings is 1. The van der Waals surface area contributed by atoms with Gasteiger partial charge in [0.25, 0.3) is 5.91 Å². The number of rotatable bonds is 7. The predicted molar refractivity (Wildman–Crippen MR) is 119 cm³/mol. The van der Waals surface area contributed by atoms with Gasteiger partial charge in [-0.25, -0.2) is 14.2 Å². The van der Waals surface area contributed by atoms with Gasteiger partial charge < -0.3 is 5.32 Å². The van der Waals surface area contributed by atoms with Crippen molar-refractivity contribution in [2.75, 3.05) is 6.54 Å². The summed E-state index contributed by atoms with van der Waals surface area (Å²) in [6, 6.07) is 13.5. The van der Waals surface area contributed by atoms with Crippen molar-refractivity contribution in [2.45, 2.75) is 33.4 Å². The van der Waals surface area contributed by atoms with Crippen molar-refractivity contribution >= 4 is 23.2 Å². The average Bonchev–Trinajstić information content (AvgIpc) is 3.22. The molecule has 0 aliphatic heterocycles. The second-order valence-electron chi connectivity index (χ2n) is 7.44. The summed E-state index contributed by atoms with van der Waals surface area (Å²) in [5.41, 5.74) is 3.58. The first-order chi connectivity index (χ1) is 14.9. The van der Waals surface area contributed by atoms with Crippen LogP contribution in [0.1, 0.15) is 33.6 Å². The van der Waals surface area contributed by atoms with Crippen molar-refractivity contribution < 1.29 is 4.79 Å². The van der Waals surface area contributed by atoms with Crippen LogP contribution in [-0.2, 0) is 13.1 Å². The summed E-state index contributed by atoms with van der Waals surface area (Å²) in [7, 11) is 0. The summed E-state index contributed by atoms with van der Waals surface area (Å²) in [4.78, 5) is 25.0. The van der Waals surface area contributed by atoms with Gasteiger partial charge in [-0.1, -0.05) is 47.5 Å². The molecule has 0 bridgehead atoms. The van der Waals surface area contributed by atoms with E-state index in [4.69, 9.17) is 11.6 Å². The number of fused-ring (bicyclic) bond motifs is 1. The Balaban J connectivity index is 1.37. The van der Waals surface area contributed by atoms with Crippen molar-refractivity contribution in [2.24, 2.45) is 0 Å². The van der Waals surface area contributed by atoms with Gasteiger partial charge in [-0.2, -0.15) is 5.10 Å². The highest BCUT2D eigenvalue weighted by Crippen LogP contribution is 2.21. The van der Waals surface area contributed by atoms with Crippen LogP contribution in [0.2, 0.25) is 5.15 Å². The number of carbonyl (C=O) groups is 1. The molecular weight excluding hydrogens is 416 g/mol. The molecule has 3 heterocycles. The maximum atomic E-state index is 12.7. The summed E-state index contributed by atoms with van der Waals surface area (Å²) < 4.78 is 4.52. The minimum Gasteiger partial charge on any atom is -0.352 e. The Morgan fingerprint density at radius 2 is 1.84 bits per heavy atom. The minimum absolute atomic E-state index is 0.196. The van der Waals surface area contributed by atoms with Crippen molar-refractivity contribution in [1.29, 1.82) is 0 Å². The Hall–Kier alpha value is -3.39. The Labute approximate surface area is 184 Å². The maximum Gasteiger partial charge on any atom is 0.350 e. The molecule has 1 aromatic carbocycles. The largest absolute Gasteiger partial charge is 0.352 e. The van der Waals surface area contributed by atoms with Crippen LogP contribution in [0.3, 0.4) is 0 Å². The van der Waals surface area contributed by atoms with Crippen molar-refractivity contribution in [3.8, 4) is 0 Å². The average molecular weight is 439 g/mol. The van der Waals surface area contributed by atoms with Crippen LogP contribution in [0.5, 0.6) is 0 Å². The fraction of sp³-hybridized carbons (Fsp3) is 0.273. The molecule has 4 rings (SSSR count). The second kappa shape index (κ2) is 8.77. The summed E-state index contributed by atoms with van der Waals surface area (Å²) >= 11 is 6.46. The number of amides is 1. The van der Waals surface area contributed by atoms with Crippen LogP contribution in [0, 0.1) is 13.8 Å². The molecule has 9 heteroatoms. The molecule has 0 fully saturated rings. The van der Waals surface area contributed by atoms with Gasteiger partial charge >= 0.3 is 5.69 Å². The maximum absolute atomic E-state index is 12.7. The third kappa shape index (κ3) is 4.39. The van der Waals surface area contributed by atoms with Gasteiger partial charge in [0.1, 0.15) is 5.15 Å². The van der Waals surface area contributed by atoms with Gasteiger partial charge in [0.15, 0.2) is 5.65 Å². The quantitative estimate of drug-likeness (QED) is 0.449. The lowest BCUT2D eigenvalue weighted by atomic mass is 10.1. The zero-order valence-corrected chi connectivity index (χ0v) is 18.1. The fourth-order valence-corrected chi connectivity index (χ4v) is 3.74. The lowest BCUT2D eigenvalue weighted by molar-refractivity contribution is 0.0952. The number of nitrogens with zero attached hydrogens (tertiary/aromatic N) is 5. The number of carbonyl (C=O) groups excluding carboxylic acids is 1. The Morgan fingerprint density at radius 1 is 1.06 bits per heavy atom. The van der Waals surface area contributed by atoms with E-state index in [0.29, 0.717) is 48.1 Å². The van der Waals surface area contributed by atoms with Gasteiger partial charge in [0.2, 0.25) is 0 Å². The number of hydrogen-bond donors (Lipinski definition) is 1. The van der Waals surface area contributed by atoms with E-state index in [1.807, 2.05) is 37.3 Å². The van der Waals surface area contributed by atoms with E-state index >= 15 is 0 Å². The standard InChI is InChI=1S/C22H23ClN6O2/c1-15-7-9-17(10-8-15)14-29-20(23)19(16(2)25-29)21(30)24-11-5-13-28-22(31)27-12-4-3-6-18(27)26-28/h3-4,6-10,12H,5,11,13-14H2,1-2H3,(H,24,30). The van der Waals surface area contributed by atoms with E-state index in [1.54, 1.807) is 29.9 Å². The highest BCUT2D eigenvalue weighted by molar-refractivity contribution is 6.33. The van der Waals surface area contributed by atoms with Crippen molar-refractivity contribution in [1.82, 2.24) is 29.3 Å². The summed E-state index contributed by atoms with van der Waals surface area (Å²) in [6.07, 6.45) is 2.24. The van der Waals surface area contributed by atoms with Crippen LogP contribution in [0.15, 0.2) is 53.5 Å². The van der Waals surface area contributed by atoms with E-state index < -0.39 is 0 Å². The smallest absolute Gasteiger partial charge is 0.350 e. The molecule has 1 amide bonds.